The van der Waals surface area contributed by atoms with E-state index in [4.69, 9.17) is 0 Å². The number of nitrogens with zero attached hydrogens (tertiary/aromatic N) is 1. The minimum absolute atomic E-state index is 0.560. The molecule has 2 atom stereocenters. The summed E-state index contributed by atoms with van der Waals surface area (Å²) in [5, 5.41) is 13.1. The molecule has 0 aromatic rings. The first-order valence-corrected chi connectivity index (χ1v) is 7.25. The number of piperazine rings is 1. The van der Waals surface area contributed by atoms with E-state index >= 15 is 0 Å². The van der Waals surface area contributed by atoms with Crippen molar-refractivity contribution in [1.29, 1.82) is 0 Å². The molecule has 0 amide bonds. The highest BCUT2D eigenvalue weighted by molar-refractivity contribution is 5.79. The molecule has 1 aliphatic heterocycles. The Bertz CT molecular complexity index is 300. The highest BCUT2D eigenvalue weighted by atomic mass is 16.4. The zero-order chi connectivity index (χ0) is 13.2. The largest absolute Gasteiger partial charge is 0.480 e. The van der Waals surface area contributed by atoms with E-state index in [2.05, 4.69) is 24.1 Å². The van der Waals surface area contributed by atoms with Crippen LogP contribution in [0, 0.1) is 11.8 Å². The van der Waals surface area contributed by atoms with Crippen molar-refractivity contribution in [2.45, 2.75) is 45.1 Å². The third-order valence-electron chi connectivity index (χ3n) is 4.83. The summed E-state index contributed by atoms with van der Waals surface area (Å²) in [6, 6.07) is 0. The van der Waals surface area contributed by atoms with Crippen LogP contribution in [-0.4, -0.2) is 47.7 Å². The molecule has 1 aliphatic carbocycles. The molecular weight excluding hydrogens is 228 g/mol. The fraction of sp³-hybridized carbons (Fsp3) is 0.929. The van der Waals surface area contributed by atoms with Crippen LogP contribution in [0.4, 0.5) is 0 Å². The molecular formula is C14H26N2O2. The fourth-order valence-corrected chi connectivity index (χ4v) is 3.57. The Kier molecular flexibility index (Phi) is 4.28. The van der Waals surface area contributed by atoms with Gasteiger partial charge in [-0.2, -0.15) is 0 Å². The van der Waals surface area contributed by atoms with Gasteiger partial charge in [0.25, 0.3) is 0 Å². The van der Waals surface area contributed by atoms with E-state index in [0.29, 0.717) is 11.8 Å². The van der Waals surface area contributed by atoms with E-state index < -0.39 is 11.5 Å². The Balaban J connectivity index is 2.17. The molecule has 104 valence electrons. The number of aliphatic carboxylic acids is 1. The predicted molar refractivity (Wildman–Crippen MR) is 71.6 cm³/mol. The Labute approximate surface area is 110 Å². The molecule has 2 unspecified atom stereocenters. The van der Waals surface area contributed by atoms with Crippen molar-refractivity contribution < 1.29 is 9.90 Å². The van der Waals surface area contributed by atoms with Gasteiger partial charge in [-0.25, -0.2) is 0 Å². The standard InChI is InChI=1S/C14H26N2O2/c1-11(2)12-4-3-5-14(10-12,13(17)18)16-8-6-15-7-9-16/h11-12,15H,3-10H2,1-2H3,(H,17,18). The number of carboxylic acids is 1. The van der Waals surface area contributed by atoms with Crippen LogP contribution >= 0.6 is 0 Å². The number of hydrogen-bond donors (Lipinski definition) is 2. The van der Waals surface area contributed by atoms with Crippen molar-refractivity contribution in [3.63, 3.8) is 0 Å². The van der Waals surface area contributed by atoms with E-state index in [0.717, 1.165) is 45.4 Å². The van der Waals surface area contributed by atoms with Crippen molar-refractivity contribution in [3.8, 4) is 0 Å². The minimum atomic E-state index is -0.602. The summed E-state index contributed by atoms with van der Waals surface area (Å²) in [5.41, 5.74) is -0.588. The van der Waals surface area contributed by atoms with Gasteiger partial charge in [0, 0.05) is 26.2 Å². The van der Waals surface area contributed by atoms with Crippen LogP contribution in [0.5, 0.6) is 0 Å². The van der Waals surface area contributed by atoms with Crippen molar-refractivity contribution in [3.05, 3.63) is 0 Å². The lowest BCUT2D eigenvalue weighted by atomic mass is 9.70. The molecule has 2 N–H and O–H groups in total. The summed E-state index contributed by atoms with van der Waals surface area (Å²) < 4.78 is 0. The first kappa shape index (κ1) is 13.8. The maximum absolute atomic E-state index is 11.9. The Morgan fingerprint density at radius 1 is 1.39 bits per heavy atom. The molecule has 4 nitrogen and oxygen atoms in total. The van der Waals surface area contributed by atoms with E-state index in [1.165, 1.54) is 6.42 Å². The highest BCUT2D eigenvalue weighted by Crippen LogP contribution is 2.40. The van der Waals surface area contributed by atoms with Crippen LogP contribution in [-0.2, 0) is 4.79 Å². The molecule has 1 heterocycles. The van der Waals surface area contributed by atoms with Gasteiger partial charge in [-0.3, -0.25) is 9.69 Å². The lowest BCUT2D eigenvalue weighted by Crippen LogP contribution is -2.62. The van der Waals surface area contributed by atoms with Gasteiger partial charge in [-0.05, 0) is 24.7 Å². The zero-order valence-corrected chi connectivity index (χ0v) is 11.6. The number of nitrogens with one attached hydrogen (secondary N) is 1. The first-order valence-electron chi connectivity index (χ1n) is 7.25. The normalized spacial score (nSPS) is 34.7. The molecule has 4 heteroatoms. The van der Waals surface area contributed by atoms with Gasteiger partial charge in [0.05, 0.1) is 0 Å². The summed E-state index contributed by atoms with van der Waals surface area (Å²) in [6.07, 6.45) is 3.91. The maximum Gasteiger partial charge on any atom is 0.324 e. The SMILES string of the molecule is CC(C)C1CCCC(C(=O)O)(N2CCNCC2)C1. The smallest absolute Gasteiger partial charge is 0.324 e. The molecule has 1 saturated carbocycles. The molecule has 0 bridgehead atoms. The second kappa shape index (κ2) is 5.57. The van der Waals surface area contributed by atoms with Gasteiger partial charge in [0.1, 0.15) is 5.54 Å². The van der Waals surface area contributed by atoms with Crippen molar-refractivity contribution in [2.75, 3.05) is 26.2 Å². The van der Waals surface area contributed by atoms with Crippen LogP contribution in [0.1, 0.15) is 39.5 Å². The van der Waals surface area contributed by atoms with Crippen LogP contribution < -0.4 is 5.32 Å². The second-order valence-corrected chi connectivity index (χ2v) is 6.17. The van der Waals surface area contributed by atoms with Gasteiger partial charge < -0.3 is 10.4 Å². The minimum Gasteiger partial charge on any atom is -0.480 e. The van der Waals surface area contributed by atoms with Crippen molar-refractivity contribution in [2.24, 2.45) is 11.8 Å². The number of rotatable bonds is 3. The Hall–Kier alpha value is -0.610. The van der Waals surface area contributed by atoms with E-state index in [1.807, 2.05) is 0 Å². The van der Waals surface area contributed by atoms with Crippen molar-refractivity contribution in [1.82, 2.24) is 10.2 Å². The van der Waals surface area contributed by atoms with Gasteiger partial charge in [0.2, 0.25) is 0 Å². The summed E-state index contributed by atoms with van der Waals surface area (Å²) in [7, 11) is 0. The Morgan fingerprint density at radius 3 is 2.61 bits per heavy atom. The molecule has 1 saturated heterocycles. The number of hydrogen-bond acceptors (Lipinski definition) is 3. The molecule has 0 aromatic carbocycles. The monoisotopic (exact) mass is 254 g/mol. The lowest BCUT2D eigenvalue weighted by molar-refractivity contribution is -0.156. The molecule has 0 aromatic heterocycles. The maximum atomic E-state index is 11.9. The topological polar surface area (TPSA) is 52.6 Å². The van der Waals surface area contributed by atoms with Crippen LogP contribution in [0.25, 0.3) is 0 Å². The summed E-state index contributed by atoms with van der Waals surface area (Å²) in [4.78, 5) is 14.1. The average Bonchev–Trinajstić information content (AvgIpc) is 2.39. The molecule has 0 radical (unpaired) electrons. The average molecular weight is 254 g/mol. The third-order valence-corrected chi connectivity index (χ3v) is 4.83. The summed E-state index contributed by atoms with van der Waals surface area (Å²) in [6.45, 7) is 8.03. The van der Waals surface area contributed by atoms with E-state index in [-0.39, 0.29) is 0 Å². The quantitative estimate of drug-likeness (QED) is 0.802. The fourth-order valence-electron chi connectivity index (χ4n) is 3.57. The van der Waals surface area contributed by atoms with Gasteiger partial charge in [0.15, 0.2) is 0 Å². The van der Waals surface area contributed by atoms with Gasteiger partial charge in [-0.1, -0.05) is 26.7 Å². The van der Waals surface area contributed by atoms with E-state index in [9.17, 15) is 9.90 Å². The first-order chi connectivity index (χ1) is 8.56. The molecule has 2 fully saturated rings. The molecule has 0 spiro atoms. The number of carboxylic acid groups (broad SMARTS) is 1. The number of carbonyl (C=O) groups is 1. The van der Waals surface area contributed by atoms with Crippen molar-refractivity contribution >= 4 is 5.97 Å². The zero-order valence-electron chi connectivity index (χ0n) is 11.6. The molecule has 2 rings (SSSR count). The van der Waals surface area contributed by atoms with E-state index in [1.54, 1.807) is 0 Å². The molecule has 2 aliphatic rings. The molecule has 18 heavy (non-hydrogen) atoms. The van der Waals surface area contributed by atoms with Crippen LogP contribution in [0.3, 0.4) is 0 Å². The highest BCUT2D eigenvalue weighted by Gasteiger charge is 2.48. The van der Waals surface area contributed by atoms with Crippen LogP contribution in [0.2, 0.25) is 0 Å². The predicted octanol–water partition coefficient (Wildman–Crippen LogP) is 1.56. The van der Waals surface area contributed by atoms with Crippen LogP contribution in [0.15, 0.2) is 0 Å². The second-order valence-electron chi connectivity index (χ2n) is 6.17. The summed E-state index contributed by atoms with van der Waals surface area (Å²) in [5.74, 6) is 0.548. The summed E-state index contributed by atoms with van der Waals surface area (Å²) >= 11 is 0. The third kappa shape index (κ3) is 2.54. The van der Waals surface area contributed by atoms with Gasteiger partial charge in [-0.15, -0.1) is 0 Å². The van der Waals surface area contributed by atoms with Gasteiger partial charge >= 0.3 is 5.97 Å². The Morgan fingerprint density at radius 2 is 2.06 bits per heavy atom. The lowest BCUT2D eigenvalue weighted by Gasteiger charge is -2.48.